The van der Waals surface area contributed by atoms with Gasteiger partial charge in [0.25, 0.3) is 0 Å². The van der Waals surface area contributed by atoms with Crippen molar-refractivity contribution in [3.63, 3.8) is 0 Å². The molecule has 4 heteroatoms. The van der Waals surface area contributed by atoms with E-state index in [1.165, 1.54) is 7.11 Å². The Morgan fingerprint density at radius 1 is 1.38 bits per heavy atom. The molecule has 0 spiro atoms. The smallest absolute Gasteiger partial charge is 0.337 e. The fourth-order valence-electron chi connectivity index (χ4n) is 1.33. The van der Waals surface area contributed by atoms with Gasteiger partial charge in [-0.05, 0) is 37.6 Å². The van der Waals surface area contributed by atoms with Crippen LogP contribution in [0.15, 0.2) is 18.2 Å². The lowest BCUT2D eigenvalue weighted by Crippen LogP contribution is -2.08. The average Bonchev–Trinajstić information content (AvgIpc) is 2.26. The second-order valence-corrected chi connectivity index (χ2v) is 3.68. The van der Waals surface area contributed by atoms with Crippen molar-refractivity contribution in [3.8, 4) is 5.75 Å². The van der Waals surface area contributed by atoms with Crippen LogP contribution in [-0.2, 0) is 11.3 Å². The SMILES string of the molecule is COC(=O)c1cc(CO)cc(OC(C)C)c1. The van der Waals surface area contributed by atoms with Crippen LogP contribution in [0.1, 0.15) is 29.8 Å². The Bertz CT molecular complexity index is 371. The highest BCUT2D eigenvalue weighted by atomic mass is 16.5. The first kappa shape index (κ1) is 12.5. The molecule has 0 aliphatic rings. The van der Waals surface area contributed by atoms with E-state index < -0.39 is 5.97 Å². The van der Waals surface area contributed by atoms with Crippen LogP contribution in [0.3, 0.4) is 0 Å². The van der Waals surface area contributed by atoms with Gasteiger partial charge in [0.1, 0.15) is 5.75 Å². The van der Waals surface area contributed by atoms with E-state index in [0.717, 1.165) is 0 Å². The Labute approximate surface area is 94.8 Å². The predicted octanol–water partition coefficient (Wildman–Crippen LogP) is 1.75. The van der Waals surface area contributed by atoms with Gasteiger partial charge in [-0.15, -0.1) is 0 Å². The lowest BCUT2D eigenvalue weighted by molar-refractivity contribution is 0.0599. The summed E-state index contributed by atoms with van der Waals surface area (Å²) in [5.74, 6) is 0.117. The van der Waals surface area contributed by atoms with Crippen molar-refractivity contribution >= 4 is 5.97 Å². The summed E-state index contributed by atoms with van der Waals surface area (Å²) in [6.07, 6.45) is 0.0134. The zero-order valence-corrected chi connectivity index (χ0v) is 9.69. The lowest BCUT2D eigenvalue weighted by Gasteiger charge is -2.12. The van der Waals surface area contributed by atoms with Gasteiger partial charge >= 0.3 is 5.97 Å². The molecule has 0 radical (unpaired) electrons. The van der Waals surface area contributed by atoms with Crippen molar-refractivity contribution in [1.29, 1.82) is 0 Å². The number of methoxy groups -OCH3 is 1. The third-order valence-electron chi connectivity index (χ3n) is 1.94. The van der Waals surface area contributed by atoms with Crippen LogP contribution in [0.4, 0.5) is 0 Å². The Balaban J connectivity index is 3.05. The predicted molar refractivity (Wildman–Crippen MR) is 59.5 cm³/mol. The van der Waals surface area contributed by atoms with E-state index >= 15 is 0 Å². The summed E-state index contributed by atoms with van der Waals surface area (Å²) in [7, 11) is 1.32. The van der Waals surface area contributed by atoms with Crippen LogP contribution >= 0.6 is 0 Å². The van der Waals surface area contributed by atoms with Crippen molar-refractivity contribution in [2.45, 2.75) is 26.6 Å². The molecule has 1 rings (SSSR count). The van der Waals surface area contributed by atoms with E-state index in [0.29, 0.717) is 16.9 Å². The maximum Gasteiger partial charge on any atom is 0.337 e. The molecule has 0 atom stereocenters. The van der Waals surface area contributed by atoms with Crippen LogP contribution in [-0.4, -0.2) is 24.3 Å². The molecule has 88 valence electrons. The lowest BCUT2D eigenvalue weighted by atomic mass is 10.1. The maximum atomic E-state index is 11.4. The highest BCUT2D eigenvalue weighted by molar-refractivity contribution is 5.90. The fourth-order valence-corrected chi connectivity index (χ4v) is 1.33. The molecule has 0 amide bonds. The van der Waals surface area contributed by atoms with E-state index in [9.17, 15) is 4.79 Å². The molecular weight excluding hydrogens is 208 g/mol. The minimum Gasteiger partial charge on any atom is -0.491 e. The molecule has 0 unspecified atom stereocenters. The summed E-state index contributed by atoms with van der Waals surface area (Å²) in [4.78, 5) is 11.4. The van der Waals surface area contributed by atoms with E-state index in [2.05, 4.69) is 4.74 Å². The fraction of sp³-hybridized carbons (Fsp3) is 0.417. The largest absolute Gasteiger partial charge is 0.491 e. The molecule has 1 aromatic rings. The quantitative estimate of drug-likeness (QED) is 0.792. The van der Waals surface area contributed by atoms with Gasteiger partial charge in [0.15, 0.2) is 0 Å². The first-order valence-electron chi connectivity index (χ1n) is 5.06. The van der Waals surface area contributed by atoms with E-state index in [-0.39, 0.29) is 12.7 Å². The van der Waals surface area contributed by atoms with Crippen molar-refractivity contribution in [3.05, 3.63) is 29.3 Å². The molecule has 0 heterocycles. The molecule has 1 N–H and O–H groups in total. The molecule has 0 saturated carbocycles. The molecule has 4 nitrogen and oxygen atoms in total. The summed E-state index contributed by atoms with van der Waals surface area (Å²) < 4.78 is 10.1. The van der Waals surface area contributed by atoms with Crippen LogP contribution in [0, 0.1) is 0 Å². The van der Waals surface area contributed by atoms with Gasteiger partial charge < -0.3 is 14.6 Å². The molecule has 0 bridgehead atoms. The van der Waals surface area contributed by atoms with Crippen molar-refractivity contribution < 1.29 is 19.4 Å². The first-order chi connectivity index (χ1) is 7.56. The van der Waals surface area contributed by atoms with Crippen LogP contribution in [0.25, 0.3) is 0 Å². The Morgan fingerprint density at radius 2 is 2.06 bits per heavy atom. The molecule has 0 fully saturated rings. The van der Waals surface area contributed by atoms with Gasteiger partial charge in [-0.25, -0.2) is 4.79 Å². The normalized spacial score (nSPS) is 10.3. The van der Waals surface area contributed by atoms with E-state index in [1.807, 2.05) is 13.8 Å². The van der Waals surface area contributed by atoms with Gasteiger partial charge in [0, 0.05) is 0 Å². The van der Waals surface area contributed by atoms with Crippen LogP contribution < -0.4 is 4.74 Å². The topological polar surface area (TPSA) is 55.8 Å². The minimum atomic E-state index is -0.441. The number of hydrogen-bond donors (Lipinski definition) is 1. The Kier molecular flexibility index (Phi) is 4.31. The average molecular weight is 224 g/mol. The van der Waals surface area contributed by atoms with Gasteiger partial charge in [-0.3, -0.25) is 0 Å². The number of hydrogen-bond acceptors (Lipinski definition) is 4. The standard InChI is InChI=1S/C12H16O4/c1-8(2)16-11-5-9(7-13)4-10(6-11)12(14)15-3/h4-6,8,13H,7H2,1-3H3. The molecule has 0 aliphatic carbocycles. The van der Waals surface area contributed by atoms with Crippen molar-refractivity contribution in [2.24, 2.45) is 0 Å². The molecule has 0 aliphatic heterocycles. The van der Waals surface area contributed by atoms with Gasteiger partial charge in [-0.1, -0.05) is 0 Å². The summed E-state index contributed by atoms with van der Waals surface area (Å²) >= 11 is 0. The summed E-state index contributed by atoms with van der Waals surface area (Å²) in [5, 5.41) is 9.07. The number of benzene rings is 1. The summed E-state index contributed by atoms with van der Waals surface area (Å²) in [6.45, 7) is 3.64. The molecule has 16 heavy (non-hydrogen) atoms. The second-order valence-electron chi connectivity index (χ2n) is 3.68. The highest BCUT2D eigenvalue weighted by Crippen LogP contribution is 2.19. The van der Waals surface area contributed by atoms with Crippen LogP contribution in [0.2, 0.25) is 0 Å². The summed E-state index contributed by atoms with van der Waals surface area (Å²) in [5.41, 5.74) is 1.00. The first-order valence-corrected chi connectivity index (χ1v) is 5.06. The molecular formula is C12H16O4. The molecule has 0 saturated heterocycles. The van der Waals surface area contributed by atoms with Crippen LogP contribution in [0.5, 0.6) is 5.75 Å². The molecule has 0 aromatic heterocycles. The zero-order valence-electron chi connectivity index (χ0n) is 9.69. The highest BCUT2D eigenvalue weighted by Gasteiger charge is 2.10. The number of rotatable bonds is 4. The Morgan fingerprint density at radius 3 is 2.56 bits per heavy atom. The second kappa shape index (κ2) is 5.51. The van der Waals surface area contributed by atoms with Crippen molar-refractivity contribution in [1.82, 2.24) is 0 Å². The number of esters is 1. The number of aliphatic hydroxyl groups is 1. The zero-order chi connectivity index (χ0) is 12.1. The number of aliphatic hydroxyl groups excluding tert-OH is 1. The number of carbonyl (C=O) groups is 1. The number of ether oxygens (including phenoxy) is 2. The monoisotopic (exact) mass is 224 g/mol. The third-order valence-corrected chi connectivity index (χ3v) is 1.94. The van der Waals surface area contributed by atoms with Gasteiger partial charge in [0.05, 0.1) is 25.4 Å². The van der Waals surface area contributed by atoms with Crippen molar-refractivity contribution in [2.75, 3.05) is 7.11 Å². The van der Waals surface area contributed by atoms with E-state index in [4.69, 9.17) is 9.84 Å². The maximum absolute atomic E-state index is 11.4. The summed E-state index contributed by atoms with van der Waals surface area (Å²) in [6, 6.07) is 4.89. The number of carbonyl (C=O) groups excluding carboxylic acids is 1. The Hall–Kier alpha value is -1.55. The van der Waals surface area contributed by atoms with Gasteiger partial charge in [0.2, 0.25) is 0 Å². The van der Waals surface area contributed by atoms with Gasteiger partial charge in [-0.2, -0.15) is 0 Å². The van der Waals surface area contributed by atoms with E-state index in [1.54, 1.807) is 18.2 Å². The third kappa shape index (κ3) is 3.24. The minimum absolute atomic E-state index is 0.0134. The molecule has 1 aromatic carbocycles.